The molecule has 54 valence electrons. The maximum atomic E-state index is 12.4. The van der Waals surface area contributed by atoms with Crippen LogP contribution < -0.4 is 0 Å². The molecule has 5 heteroatoms. The fourth-order valence-electron chi connectivity index (χ4n) is 0.531. The molecule has 0 bridgehead atoms. The number of hydrogen-bond donors (Lipinski definition) is 1. The summed E-state index contributed by atoms with van der Waals surface area (Å²) in [6.45, 7) is 0. The lowest BCUT2D eigenvalue weighted by molar-refractivity contribution is -0.146. The summed E-state index contributed by atoms with van der Waals surface area (Å²) in [7, 11) is 0. The number of imidazole rings is 1. The van der Waals surface area contributed by atoms with Gasteiger partial charge in [-0.3, -0.25) is 4.57 Å². The van der Waals surface area contributed by atoms with Crippen molar-refractivity contribution in [2.24, 2.45) is 0 Å². The molecule has 0 aromatic carbocycles. The number of carbonyl (C=O) groups is 1. The Bertz CT molecular complexity index is 222. The second-order valence-electron chi connectivity index (χ2n) is 1.68. The van der Waals surface area contributed by atoms with E-state index in [9.17, 15) is 9.18 Å². The van der Waals surface area contributed by atoms with Gasteiger partial charge in [-0.1, -0.05) is 0 Å². The summed E-state index contributed by atoms with van der Waals surface area (Å²) in [4.78, 5) is 13.5. The highest BCUT2D eigenvalue weighted by Gasteiger charge is 2.15. The van der Waals surface area contributed by atoms with Crippen LogP contribution in [-0.2, 0) is 4.79 Å². The van der Waals surface area contributed by atoms with Crippen LogP contribution in [0.4, 0.5) is 4.39 Å². The summed E-state index contributed by atoms with van der Waals surface area (Å²) in [5.74, 6) is -1.52. The fraction of sp³-hybridized carbons (Fsp3) is 0.200. The molecule has 4 nitrogen and oxygen atoms in total. The van der Waals surface area contributed by atoms with Crippen LogP contribution in [0.1, 0.15) is 6.30 Å². The van der Waals surface area contributed by atoms with Crippen LogP contribution in [0, 0.1) is 0 Å². The van der Waals surface area contributed by atoms with Gasteiger partial charge in [-0.2, -0.15) is 0 Å². The molecule has 0 saturated heterocycles. The van der Waals surface area contributed by atoms with Crippen molar-refractivity contribution in [2.45, 2.75) is 6.30 Å². The summed E-state index contributed by atoms with van der Waals surface area (Å²) < 4.78 is 13.3. The predicted octanol–water partition coefficient (Wildman–Crippen LogP) is 0.436. The van der Waals surface area contributed by atoms with Gasteiger partial charge in [0.2, 0.25) is 0 Å². The van der Waals surface area contributed by atoms with Gasteiger partial charge in [0.15, 0.2) is 0 Å². The number of hydrogen-bond acceptors (Lipinski definition) is 2. The Morgan fingerprint density at radius 1 is 1.80 bits per heavy atom. The smallest absolute Gasteiger partial charge is 0.359 e. The summed E-state index contributed by atoms with van der Waals surface area (Å²) >= 11 is 0. The fourth-order valence-corrected chi connectivity index (χ4v) is 0.531. The van der Waals surface area contributed by atoms with Gasteiger partial charge < -0.3 is 5.11 Å². The molecule has 1 unspecified atom stereocenters. The Morgan fingerprint density at radius 2 is 2.50 bits per heavy atom. The van der Waals surface area contributed by atoms with Crippen molar-refractivity contribution in [1.29, 1.82) is 0 Å². The van der Waals surface area contributed by atoms with Gasteiger partial charge in [0.1, 0.15) is 0 Å². The number of nitrogens with zero attached hydrogens (tertiary/aromatic N) is 2. The average Bonchev–Trinajstić information content (AvgIpc) is 2.36. The molecular weight excluding hydrogens is 139 g/mol. The summed E-state index contributed by atoms with van der Waals surface area (Å²) in [5, 5.41) is 8.13. The highest BCUT2D eigenvalue weighted by molar-refractivity contribution is 5.70. The zero-order valence-corrected chi connectivity index (χ0v) is 4.94. The Balaban J connectivity index is 2.77. The Labute approximate surface area is 55.9 Å². The van der Waals surface area contributed by atoms with E-state index in [2.05, 4.69) is 4.98 Å². The molecule has 0 amide bonds. The lowest BCUT2D eigenvalue weighted by Gasteiger charge is -2.01. The summed E-state index contributed by atoms with van der Waals surface area (Å²) in [6, 6.07) is 0. The lowest BCUT2D eigenvalue weighted by Crippen LogP contribution is -2.12. The van der Waals surface area contributed by atoms with Gasteiger partial charge in [-0.25, -0.2) is 14.2 Å². The van der Waals surface area contributed by atoms with Crippen molar-refractivity contribution in [3.05, 3.63) is 18.7 Å². The number of alkyl halides is 1. The van der Waals surface area contributed by atoms with Crippen molar-refractivity contribution >= 4 is 5.97 Å². The lowest BCUT2D eigenvalue weighted by atomic mass is 10.6. The minimum absolute atomic E-state index is 0.863. The molecule has 1 rings (SSSR count). The first-order valence-corrected chi connectivity index (χ1v) is 2.56. The molecule has 0 fully saturated rings. The van der Waals surface area contributed by atoms with E-state index < -0.39 is 12.3 Å². The molecule has 1 aromatic rings. The van der Waals surface area contributed by atoms with Crippen LogP contribution in [0.15, 0.2) is 18.7 Å². The number of aliphatic carboxylic acids is 1. The van der Waals surface area contributed by atoms with Crippen molar-refractivity contribution < 1.29 is 14.3 Å². The van der Waals surface area contributed by atoms with Gasteiger partial charge in [-0.05, 0) is 0 Å². The molecule has 0 radical (unpaired) electrons. The largest absolute Gasteiger partial charge is 0.478 e. The SMILES string of the molecule is O=C(O)C(F)n1ccnc1. The molecule has 10 heavy (non-hydrogen) atoms. The molecule has 1 atom stereocenters. The van der Waals surface area contributed by atoms with E-state index in [1.165, 1.54) is 12.4 Å². The van der Waals surface area contributed by atoms with E-state index in [1.807, 2.05) is 0 Å². The molecule has 0 aliphatic rings. The van der Waals surface area contributed by atoms with E-state index in [-0.39, 0.29) is 0 Å². The van der Waals surface area contributed by atoms with Gasteiger partial charge in [0, 0.05) is 12.4 Å². The zero-order valence-electron chi connectivity index (χ0n) is 4.94. The molecule has 0 spiro atoms. The Hall–Kier alpha value is -1.39. The number of rotatable bonds is 2. The number of carboxylic acid groups (broad SMARTS) is 1. The first-order chi connectivity index (χ1) is 4.72. The quantitative estimate of drug-likeness (QED) is 0.655. The zero-order chi connectivity index (χ0) is 7.56. The van der Waals surface area contributed by atoms with Crippen LogP contribution in [-0.4, -0.2) is 20.6 Å². The van der Waals surface area contributed by atoms with Crippen LogP contribution in [0.2, 0.25) is 0 Å². The summed E-state index contributed by atoms with van der Waals surface area (Å²) in [6.07, 6.45) is 1.65. The van der Waals surface area contributed by atoms with Crippen molar-refractivity contribution in [3.8, 4) is 0 Å². The van der Waals surface area contributed by atoms with Crippen molar-refractivity contribution in [2.75, 3.05) is 0 Å². The monoisotopic (exact) mass is 144 g/mol. The van der Waals surface area contributed by atoms with Crippen LogP contribution in [0.25, 0.3) is 0 Å². The van der Waals surface area contributed by atoms with Gasteiger partial charge >= 0.3 is 5.97 Å². The third-order valence-corrected chi connectivity index (χ3v) is 0.990. The molecule has 0 saturated carbocycles. The normalized spacial score (nSPS) is 12.9. The summed E-state index contributed by atoms with van der Waals surface area (Å²) in [5.41, 5.74) is 0. The Morgan fingerprint density at radius 3 is 2.90 bits per heavy atom. The number of aromatic nitrogens is 2. The minimum Gasteiger partial charge on any atom is -0.478 e. The van der Waals surface area contributed by atoms with Crippen LogP contribution in [0.3, 0.4) is 0 Å². The minimum atomic E-state index is -2.03. The number of halogens is 1. The van der Waals surface area contributed by atoms with Crippen LogP contribution >= 0.6 is 0 Å². The van der Waals surface area contributed by atoms with Crippen molar-refractivity contribution in [1.82, 2.24) is 9.55 Å². The highest BCUT2D eigenvalue weighted by Crippen LogP contribution is 2.05. The van der Waals surface area contributed by atoms with Crippen molar-refractivity contribution in [3.63, 3.8) is 0 Å². The topological polar surface area (TPSA) is 55.1 Å². The predicted molar refractivity (Wildman–Crippen MR) is 30.0 cm³/mol. The first kappa shape index (κ1) is 6.73. The maximum Gasteiger partial charge on any atom is 0.359 e. The molecule has 1 N–H and O–H groups in total. The first-order valence-electron chi connectivity index (χ1n) is 2.56. The molecular formula is C5H5FN2O2. The Kier molecular flexibility index (Phi) is 1.66. The molecule has 1 heterocycles. The standard InChI is InChI=1S/C5H5FN2O2/c6-4(5(9)10)8-2-1-7-3-8/h1-4H,(H,9,10). The average molecular weight is 144 g/mol. The second kappa shape index (κ2) is 2.47. The number of carboxylic acids is 1. The third-order valence-electron chi connectivity index (χ3n) is 0.990. The van der Waals surface area contributed by atoms with Crippen LogP contribution in [0.5, 0.6) is 0 Å². The molecule has 0 aliphatic carbocycles. The molecule has 1 aromatic heterocycles. The van der Waals surface area contributed by atoms with Gasteiger partial charge in [0.05, 0.1) is 6.33 Å². The highest BCUT2D eigenvalue weighted by atomic mass is 19.1. The third kappa shape index (κ3) is 1.12. The van der Waals surface area contributed by atoms with E-state index >= 15 is 0 Å². The van der Waals surface area contributed by atoms with Gasteiger partial charge in [-0.15, -0.1) is 0 Å². The molecule has 0 aliphatic heterocycles. The van der Waals surface area contributed by atoms with E-state index in [1.54, 1.807) is 0 Å². The van der Waals surface area contributed by atoms with E-state index in [0.29, 0.717) is 0 Å². The second-order valence-corrected chi connectivity index (χ2v) is 1.68. The van der Waals surface area contributed by atoms with E-state index in [0.717, 1.165) is 10.9 Å². The van der Waals surface area contributed by atoms with E-state index in [4.69, 9.17) is 5.11 Å². The maximum absolute atomic E-state index is 12.4. The van der Waals surface area contributed by atoms with Gasteiger partial charge in [0.25, 0.3) is 6.30 Å².